The lowest BCUT2D eigenvalue weighted by molar-refractivity contribution is -0.128. The maximum absolute atomic E-state index is 14.9. The number of piperidine rings is 1. The van der Waals surface area contributed by atoms with E-state index in [2.05, 4.69) is 38.6 Å². The van der Waals surface area contributed by atoms with Crippen molar-refractivity contribution < 1.29 is 18.7 Å². The summed E-state index contributed by atoms with van der Waals surface area (Å²) in [6.45, 7) is 5.23. The van der Waals surface area contributed by atoms with Crippen LogP contribution in [0.1, 0.15) is 48.3 Å². The molecule has 0 aliphatic carbocycles. The lowest BCUT2D eigenvalue weighted by Gasteiger charge is -2.38. The molecule has 9 nitrogen and oxygen atoms in total. The summed E-state index contributed by atoms with van der Waals surface area (Å²) in [6.07, 6.45) is 4.35. The molecule has 0 radical (unpaired) electrons. The number of carbonyl (C=O) groups excluding carboxylic acids is 2. The van der Waals surface area contributed by atoms with Crippen molar-refractivity contribution in [1.29, 1.82) is 0 Å². The normalized spacial score (nSPS) is 14.1. The highest BCUT2D eigenvalue weighted by atomic mass is 35.5. The van der Waals surface area contributed by atoms with Crippen molar-refractivity contribution in [2.24, 2.45) is 0 Å². The number of H-pyrrole nitrogens is 1. The summed E-state index contributed by atoms with van der Waals surface area (Å²) in [5.74, 6) is -0.881. The van der Waals surface area contributed by atoms with Gasteiger partial charge in [-0.15, -0.1) is 0 Å². The highest BCUT2D eigenvalue weighted by Gasteiger charge is 2.29. The number of nitrogens with one attached hydrogen (secondary N) is 2. The molecule has 1 atom stereocenters. The molecule has 4 aromatic carbocycles. The number of hydrogen-bond donors (Lipinski definition) is 2. The number of imidazole rings is 1. The van der Waals surface area contributed by atoms with Gasteiger partial charge in [-0.05, 0) is 81.3 Å². The third-order valence-corrected chi connectivity index (χ3v) is 10.8. The van der Waals surface area contributed by atoms with Crippen LogP contribution in [0.15, 0.2) is 97.3 Å². The molecule has 7 rings (SSSR count). The highest BCUT2D eigenvalue weighted by molar-refractivity contribution is 6.31. The second kappa shape index (κ2) is 16.5. The third-order valence-electron chi connectivity index (χ3n) is 10.3. The average molecular weight is 768 g/mol. The molecule has 1 fully saturated rings. The van der Waals surface area contributed by atoms with Gasteiger partial charge in [0.2, 0.25) is 0 Å². The molecule has 0 spiro atoms. The summed E-state index contributed by atoms with van der Waals surface area (Å²) in [7, 11) is 2.08. The van der Waals surface area contributed by atoms with Crippen LogP contribution in [0.2, 0.25) is 10.0 Å². The van der Waals surface area contributed by atoms with Crippen molar-refractivity contribution >= 4 is 57.9 Å². The molecule has 2 N–H and O–H groups in total. The van der Waals surface area contributed by atoms with Crippen molar-refractivity contribution in [3.05, 3.63) is 124 Å². The Labute approximate surface area is 323 Å². The molecule has 278 valence electrons. The zero-order chi connectivity index (χ0) is 37.8. The fraction of sp³-hybridized carbons (Fsp3) is 0.262. The SMILES string of the molecule is CC(c1ccc(Cl)cc1)n1cnc(-c2ccccc2)c1-c1c(C(=O)Nc2cc(F)ccc2N2CCC(N(C)CCCOC=O)CC2)[nH]c2cc(Cl)ccc12. The maximum Gasteiger partial charge on any atom is 0.293 e. The van der Waals surface area contributed by atoms with Gasteiger partial charge in [0, 0.05) is 57.8 Å². The predicted octanol–water partition coefficient (Wildman–Crippen LogP) is 9.47. The largest absolute Gasteiger partial charge is 0.468 e. The molecule has 12 heteroatoms. The van der Waals surface area contributed by atoms with Gasteiger partial charge in [-0.25, -0.2) is 9.37 Å². The Morgan fingerprint density at radius 3 is 2.52 bits per heavy atom. The van der Waals surface area contributed by atoms with Gasteiger partial charge < -0.3 is 29.4 Å². The summed E-state index contributed by atoms with van der Waals surface area (Å²) < 4.78 is 21.9. The fourth-order valence-electron chi connectivity index (χ4n) is 7.44. The molecule has 0 bridgehead atoms. The van der Waals surface area contributed by atoms with E-state index in [-0.39, 0.29) is 6.04 Å². The Kier molecular flexibility index (Phi) is 11.3. The summed E-state index contributed by atoms with van der Waals surface area (Å²) in [5.41, 5.74) is 6.10. The van der Waals surface area contributed by atoms with Crippen LogP contribution in [0.3, 0.4) is 0 Å². The van der Waals surface area contributed by atoms with E-state index in [9.17, 15) is 14.0 Å². The minimum Gasteiger partial charge on any atom is -0.468 e. The molecule has 54 heavy (non-hydrogen) atoms. The summed E-state index contributed by atoms with van der Waals surface area (Å²) in [5, 5.41) is 5.03. The quantitative estimate of drug-likeness (QED) is 0.0899. The number of hydrogen-bond acceptors (Lipinski definition) is 6. The van der Waals surface area contributed by atoms with Crippen LogP contribution < -0.4 is 10.2 Å². The standard InChI is InChI=1S/C42H41Cl2FN6O3/c1-27(28-9-11-30(43)12-10-28)51-25-46-39(29-7-4-3-5-8-29)41(51)38-34-15-13-31(44)23-35(34)47-40(38)42(53)48-36-24-32(45)14-16-37(36)50-20-17-33(18-21-50)49(2)19-6-22-54-26-52/h3-5,7-16,23-27,33,47H,6,17-22H2,1-2H3,(H,48,53). The number of ether oxygens (including phenoxy) is 1. The van der Waals surface area contributed by atoms with Gasteiger partial charge in [-0.3, -0.25) is 9.59 Å². The van der Waals surface area contributed by atoms with Crippen molar-refractivity contribution in [3.63, 3.8) is 0 Å². The molecule has 1 saturated heterocycles. The molecule has 1 amide bonds. The van der Waals surface area contributed by atoms with Crippen LogP contribution in [0.25, 0.3) is 33.4 Å². The van der Waals surface area contributed by atoms with E-state index in [0.29, 0.717) is 57.3 Å². The minimum absolute atomic E-state index is 0.183. The number of anilines is 2. The second-order valence-electron chi connectivity index (χ2n) is 13.6. The lowest BCUT2D eigenvalue weighted by atomic mass is 9.99. The summed E-state index contributed by atoms with van der Waals surface area (Å²) in [4.78, 5) is 37.9. The highest BCUT2D eigenvalue weighted by Crippen LogP contribution is 2.42. The van der Waals surface area contributed by atoms with E-state index < -0.39 is 11.7 Å². The average Bonchev–Trinajstić information content (AvgIpc) is 3.78. The molecule has 1 aliphatic rings. The minimum atomic E-state index is -0.453. The van der Waals surface area contributed by atoms with Gasteiger partial charge in [0.15, 0.2) is 0 Å². The Morgan fingerprint density at radius 2 is 1.78 bits per heavy atom. The van der Waals surface area contributed by atoms with Gasteiger partial charge in [0.25, 0.3) is 12.4 Å². The van der Waals surface area contributed by atoms with Crippen molar-refractivity contribution in [2.75, 3.05) is 43.5 Å². The molecule has 3 heterocycles. The molecule has 1 unspecified atom stereocenters. The zero-order valence-electron chi connectivity index (χ0n) is 30.1. The topological polar surface area (TPSA) is 95.5 Å². The van der Waals surface area contributed by atoms with Gasteiger partial charge in [0.05, 0.1) is 41.7 Å². The number of aromatic nitrogens is 3. The molecule has 1 aliphatic heterocycles. The van der Waals surface area contributed by atoms with E-state index >= 15 is 0 Å². The second-order valence-corrected chi connectivity index (χ2v) is 14.5. The molecular weight excluding hydrogens is 726 g/mol. The van der Waals surface area contributed by atoms with E-state index in [4.69, 9.17) is 32.9 Å². The number of amides is 1. The predicted molar refractivity (Wildman–Crippen MR) is 214 cm³/mol. The first-order valence-corrected chi connectivity index (χ1v) is 18.8. The zero-order valence-corrected chi connectivity index (χ0v) is 31.6. The van der Waals surface area contributed by atoms with Gasteiger partial charge in [-0.1, -0.05) is 71.7 Å². The first-order valence-electron chi connectivity index (χ1n) is 18.0. The van der Waals surface area contributed by atoms with Gasteiger partial charge >= 0.3 is 0 Å². The molecular formula is C42H41Cl2FN6O3. The number of halogens is 3. The number of carbonyl (C=O) groups is 2. The van der Waals surface area contributed by atoms with Crippen molar-refractivity contribution in [1.82, 2.24) is 19.4 Å². The van der Waals surface area contributed by atoms with Crippen LogP contribution in [0, 0.1) is 5.82 Å². The number of nitrogens with zero attached hydrogens (tertiary/aromatic N) is 4. The molecule has 0 saturated carbocycles. The molecule has 6 aromatic rings. The summed E-state index contributed by atoms with van der Waals surface area (Å²) >= 11 is 12.7. The Balaban J connectivity index is 1.26. The van der Waals surface area contributed by atoms with Gasteiger partial charge in [0.1, 0.15) is 11.5 Å². The Bertz CT molecular complexity index is 2250. The van der Waals surface area contributed by atoms with Crippen LogP contribution in [-0.2, 0) is 9.53 Å². The number of benzene rings is 4. The van der Waals surface area contributed by atoms with Crippen molar-refractivity contribution in [2.45, 2.75) is 38.3 Å². The van der Waals surface area contributed by atoms with E-state index in [1.807, 2.05) is 60.7 Å². The fourth-order valence-corrected chi connectivity index (χ4v) is 7.74. The summed E-state index contributed by atoms with van der Waals surface area (Å²) in [6, 6.07) is 27.8. The van der Waals surface area contributed by atoms with Crippen LogP contribution in [-0.4, -0.2) is 71.1 Å². The van der Waals surface area contributed by atoms with E-state index in [1.165, 1.54) is 12.1 Å². The maximum atomic E-state index is 14.9. The first-order chi connectivity index (χ1) is 26.2. The van der Waals surface area contributed by atoms with E-state index in [0.717, 1.165) is 66.8 Å². The van der Waals surface area contributed by atoms with E-state index in [1.54, 1.807) is 24.5 Å². The number of fused-ring (bicyclic) bond motifs is 1. The third kappa shape index (κ3) is 7.87. The smallest absolute Gasteiger partial charge is 0.293 e. The van der Waals surface area contributed by atoms with Crippen molar-refractivity contribution in [3.8, 4) is 22.5 Å². The first kappa shape index (κ1) is 37.2. The molecule has 2 aromatic heterocycles. The lowest BCUT2D eigenvalue weighted by Crippen LogP contribution is -2.44. The Morgan fingerprint density at radius 1 is 1.04 bits per heavy atom. The monoisotopic (exact) mass is 766 g/mol. The number of rotatable bonds is 13. The Hall–Kier alpha value is -5.16. The van der Waals surface area contributed by atoms with Crippen LogP contribution in [0.4, 0.5) is 15.8 Å². The van der Waals surface area contributed by atoms with Crippen LogP contribution in [0.5, 0.6) is 0 Å². The van der Waals surface area contributed by atoms with Gasteiger partial charge in [-0.2, -0.15) is 0 Å². The van der Waals surface area contributed by atoms with Crippen LogP contribution >= 0.6 is 23.2 Å². The number of aromatic amines is 1.